The molecule has 4 atom stereocenters. The summed E-state index contributed by atoms with van der Waals surface area (Å²) in [6, 6.07) is 12.6. The van der Waals surface area contributed by atoms with Gasteiger partial charge in [0.2, 0.25) is 0 Å². The van der Waals surface area contributed by atoms with Crippen LogP contribution in [0.2, 0.25) is 0 Å². The predicted octanol–water partition coefficient (Wildman–Crippen LogP) is 4.40. The van der Waals surface area contributed by atoms with Crippen LogP contribution in [0.5, 0.6) is 17.2 Å². The smallest absolute Gasteiger partial charge is 0.164 e. The molecule has 3 aliphatic rings. The number of ether oxygens (including phenoxy) is 3. The Balaban J connectivity index is 1.70. The van der Waals surface area contributed by atoms with Gasteiger partial charge in [0, 0.05) is 41.2 Å². The SMILES string of the molecule is CCc1ccc(C2NNC3NC4=C(C(=O)CC(C)(C)C4)C(c4cc(OC)c(OC)cc4OC)C32)cc1. The Hall–Kier alpha value is -3.03. The molecule has 2 heterocycles. The van der Waals surface area contributed by atoms with Crippen molar-refractivity contribution in [1.29, 1.82) is 0 Å². The number of carbonyl (C=O) groups excluding carboxylic acids is 1. The number of methoxy groups -OCH3 is 3. The zero-order valence-electron chi connectivity index (χ0n) is 22.0. The van der Waals surface area contributed by atoms with Crippen LogP contribution in [-0.2, 0) is 11.2 Å². The summed E-state index contributed by atoms with van der Waals surface area (Å²) in [6.45, 7) is 6.48. The molecule has 192 valence electrons. The van der Waals surface area contributed by atoms with Gasteiger partial charge in [-0.25, -0.2) is 10.9 Å². The van der Waals surface area contributed by atoms with Gasteiger partial charge in [0.1, 0.15) is 5.75 Å². The normalized spacial score (nSPS) is 26.7. The minimum Gasteiger partial charge on any atom is -0.496 e. The lowest BCUT2D eigenvalue weighted by Gasteiger charge is -2.44. The highest BCUT2D eigenvalue weighted by Gasteiger charge is 2.52. The van der Waals surface area contributed by atoms with Crippen LogP contribution >= 0.6 is 0 Å². The number of allylic oxidation sites excluding steroid dienone is 2. The van der Waals surface area contributed by atoms with Crippen molar-refractivity contribution in [1.82, 2.24) is 16.2 Å². The summed E-state index contributed by atoms with van der Waals surface area (Å²) in [5.74, 6) is 1.94. The van der Waals surface area contributed by atoms with Gasteiger partial charge in [-0.2, -0.15) is 0 Å². The van der Waals surface area contributed by atoms with Gasteiger partial charge in [0.15, 0.2) is 17.3 Å². The molecule has 2 aliphatic heterocycles. The van der Waals surface area contributed by atoms with E-state index in [4.69, 9.17) is 14.2 Å². The number of Topliss-reactive ketones (excluding diaryl/α,β-unsaturated/α-hetero) is 1. The summed E-state index contributed by atoms with van der Waals surface area (Å²) in [4.78, 5) is 13.8. The first-order chi connectivity index (χ1) is 17.3. The van der Waals surface area contributed by atoms with Crippen molar-refractivity contribution >= 4 is 5.78 Å². The lowest BCUT2D eigenvalue weighted by atomic mass is 9.64. The largest absolute Gasteiger partial charge is 0.496 e. The zero-order chi connectivity index (χ0) is 25.6. The third-order valence-electron chi connectivity index (χ3n) is 7.93. The molecule has 2 aromatic carbocycles. The van der Waals surface area contributed by atoms with E-state index in [2.05, 4.69) is 61.2 Å². The number of hydrogen-bond donors (Lipinski definition) is 3. The highest BCUT2D eigenvalue weighted by atomic mass is 16.5. The van der Waals surface area contributed by atoms with Gasteiger partial charge in [-0.15, -0.1) is 0 Å². The van der Waals surface area contributed by atoms with Gasteiger partial charge >= 0.3 is 0 Å². The molecule has 3 N–H and O–H groups in total. The summed E-state index contributed by atoms with van der Waals surface area (Å²) < 4.78 is 17.1. The molecule has 1 fully saturated rings. The second kappa shape index (κ2) is 9.45. The minimum absolute atomic E-state index is 0.00649. The van der Waals surface area contributed by atoms with Crippen LogP contribution in [0, 0.1) is 11.3 Å². The molecular formula is C29H37N3O4. The molecule has 2 aromatic rings. The molecule has 0 radical (unpaired) electrons. The number of rotatable bonds is 6. The highest BCUT2D eigenvalue weighted by Crippen LogP contribution is 2.54. The quantitative estimate of drug-likeness (QED) is 0.553. The van der Waals surface area contributed by atoms with E-state index in [9.17, 15) is 4.79 Å². The Bertz CT molecular complexity index is 1190. The van der Waals surface area contributed by atoms with Gasteiger partial charge in [-0.05, 0) is 35.4 Å². The van der Waals surface area contributed by atoms with Crippen LogP contribution < -0.4 is 30.4 Å². The molecule has 5 rings (SSSR count). The average Bonchev–Trinajstić information content (AvgIpc) is 3.29. The van der Waals surface area contributed by atoms with E-state index in [1.54, 1.807) is 21.3 Å². The van der Waals surface area contributed by atoms with Gasteiger partial charge < -0.3 is 19.5 Å². The van der Waals surface area contributed by atoms with Gasteiger partial charge in [0.25, 0.3) is 0 Å². The van der Waals surface area contributed by atoms with E-state index < -0.39 is 0 Å². The average molecular weight is 492 g/mol. The minimum atomic E-state index is -0.192. The van der Waals surface area contributed by atoms with E-state index in [0.717, 1.165) is 29.7 Å². The van der Waals surface area contributed by atoms with Crippen molar-refractivity contribution in [3.63, 3.8) is 0 Å². The lowest BCUT2D eigenvalue weighted by Crippen LogP contribution is -2.51. The topological polar surface area (TPSA) is 80.9 Å². The number of hydrazine groups is 1. The molecule has 0 saturated carbocycles. The standard InChI is InChI=1S/C29H37N3O4/c1-7-16-8-10-17(11-9-16)27-26-24(18-12-22(35-5)23(36-6)13-21(18)34-4)25-19(30-28(26)32-31-27)14-29(2,3)15-20(25)33/h8-13,24,26-28,30-32H,7,14-15H2,1-6H3. The van der Waals surface area contributed by atoms with Crippen LogP contribution in [0.15, 0.2) is 47.7 Å². The Morgan fingerprint density at radius 3 is 2.22 bits per heavy atom. The van der Waals surface area contributed by atoms with Crippen molar-refractivity contribution in [2.75, 3.05) is 21.3 Å². The fraction of sp³-hybridized carbons (Fsp3) is 0.483. The lowest BCUT2D eigenvalue weighted by molar-refractivity contribution is -0.118. The van der Waals surface area contributed by atoms with Crippen molar-refractivity contribution in [2.45, 2.75) is 58.2 Å². The Labute approximate surface area is 213 Å². The van der Waals surface area contributed by atoms with Crippen molar-refractivity contribution in [2.24, 2.45) is 11.3 Å². The first-order valence-corrected chi connectivity index (χ1v) is 12.7. The van der Waals surface area contributed by atoms with E-state index in [1.807, 2.05) is 12.1 Å². The molecule has 0 aromatic heterocycles. The molecule has 7 heteroatoms. The Morgan fingerprint density at radius 2 is 1.58 bits per heavy atom. The van der Waals surface area contributed by atoms with E-state index in [0.29, 0.717) is 23.7 Å². The first kappa shape index (κ1) is 24.7. The van der Waals surface area contributed by atoms with Crippen LogP contribution in [0.25, 0.3) is 0 Å². The van der Waals surface area contributed by atoms with Crippen LogP contribution in [0.1, 0.15) is 62.3 Å². The fourth-order valence-corrected chi connectivity index (χ4v) is 6.21. The maximum absolute atomic E-state index is 13.8. The van der Waals surface area contributed by atoms with Gasteiger partial charge in [-0.3, -0.25) is 4.79 Å². The van der Waals surface area contributed by atoms with Crippen LogP contribution in [-0.4, -0.2) is 33.3 Å². The summed E-state index contributed by atoms with van der Waals surface area (Å²) >= 11 is 0. The van der Waals surface area contributed by atoms with E-state index in [1.165, 1.54) is 11.1 Å². The maximum Gasteiger partial charge on any atom is 0.164 e. The molecule has 0 bridgehead atoms. The molecule has 4 unspecified atom stereocenters. The molecule has 0 spiro atoms. The number of aryl methyl sites for hydroxylation is 1. The van der Waals surface area contributed by atoms with Crippen molar-refractivity contribution < 1.29 is 19.0 Å². The fourth-order valence-electron chi connectivity index (χ4n) is 6.21. The molecule has 36 heavy (non-hydrogen) atoms. The second-order valence-electron chi connectivity index (χ2n) is 10.8. The third kappa shape index (κ3) is 4.14. The zero-order valence-corrected chi connectivity index (χ0v) is 22.0. The number of nitrogens with one attached hydrogen (secondary N) is 3. The number of ketones is 1. The predicted molar refractivity (Wildman–Crippen MR) is 139 cm³/mol. The monoisotopic (exact) mass is 491 g/mol. The molecular weight excluding hydrogens is 454 g/mol. The summed E-state index contributed by atoms with van der Waals surface area (Å²) in [5, 5.41) is 3.70. The van der Waals surface area contributed by atoms with Gasteiger partial charge in [-0.1, -0.05) is 45.0 Å². The van der Waals surface area contributed by atoms with E-state index >= 15 is 0 Å². The highest BCUT2D eigenvalue weighted by molar-refractivity contribution is 5.99. The number of fused-ring (bicyclic) bond motifs is 1. The van der Waals surface area contributed by atoms with Crippen LogP contribution in [0.3, 0.4) is 0 Å². The summed E-state index contributed by atoms with van der Waals surface area (Å²) in [5.41, 5.74) is 12.3. The maximum atomic E-state index is 13.8. The molecule has 1 aliphatic carbocycles. The van der Waals surface area contributed by atoms with Crippen molar-refractivity contribution in [3.05, 3.63) is 64.4 Å². The first-order valence-electron chi connectivity index (χ1n) is 12.7. The second-order valence-corrected chi connectivity index (χ2v) is 10.8. The molecule has 7 nitrogen and oxygen atoms in total. The summed E-state index contributed by atoms with van der Waals surface area (Å²) in [6.07, 6.45) is 2.29. The number of hydrogen-bond acceptors (Lipinski definition) is 7. The van der Waals surface area contributed by atoms with Crippen molar-refractivity contribution in [3.8, 4) is 17.2 Å². The summed E-state index contributed by atoms with van der Waals surface area (Å²) in [7, 11) is 4.91. The third-order valence-corrected chi connectivity index (χ3v) is 7.93. The van der Waals surface area contributed by atoms with Crippen LogP contribution in [0.4, 0.5) is 0 Å². The number of carbonyl (C=O) groups is 1. The molecule has 1 saturated heterocycles. The Morgan fingerprint density at radius 1 is 0.917 bits per heavy atom. The Kier molecular flexibility index (Phi) is 6.47. The van der Waals surface area contributed by atoms with Gasteiger partial charge in [0.05, 0.1) is 33.5 Å². The van der Waals surface area contributed by atoms with E-state index in [-0.39, 0.29) is 35.2 Å². The molecule has 0 amide bonds. The number of benzene rings is 2.